The normalized spacial score (nSPS) is 12.5. The van der Waals surface area contributed by atoms with E-state index in [0.717, 1.165) is 29.4 Å². The van der Waals surface area contributed by atoms with Gasteiger partial charge in [0.1, 0.15) is 5.82 Å². The van der Waals surface area contributed by atoms with E-state index in [2.05, 4.69) is 15.3 Å². The molecule has 10 nitrogen and oxygen atoms in total. The molecule has 0 bridgehead atoms. The summed E-state index contributed by atoms with van der Waals surface area (Å²) in [4.78, 5) is 30.9. The van der Waals surface area contributed by atoms with Crippen molar-refractivity contribution >= 4 is 34.5 Å². The Bertz CT molecular complexity index is 1160. The Morgan fingerprint density at radius 1 is 0.971 bits per heavy atom. The molecule has 1 aromatic heterocycles. The zero-order valence-corrected chi connectivity index (χ0v) is 21.6. The Hall–Kier alpha value is -2.76. The molecule has 0 aliphatic rings. The number of nitrogens with one attached hydrogen (secondary N) is 1. The van der Waals surface area contributed by atoms with E-state index >= 15 is 0 Å². The summed E-state index contributed by atoms with van der Waals surface area (Å²) >= 11 is 0. The standard InChI is InChI=1S/C24H29N5O5.Na/c25-22-19-11-15(5-8-20(19)28-24(26)29-22)2-1-14-3-6-16(7-4-14)23(34)27-10-9-17(30)12-18(31)13-21(32)33;/h3-8,11,17-18,30-31H,1-2,9-10,12-13H2,(H,27,34)(H,32,33)(H4,25,26,28,29);/q;+1/p-1/t17-,18-;/m1./s1. The number of fused-ring (bicyclic) bond motifs is 1. The summed E-state index contributed by atoms with van der Waals surface area (Å²) in [5, 5.41) is 33.3. The van der Waals surface area contributed by atoms with E-state index in [-0.39, 0.29) is 60.8 Å². The predicted molar refractivity (Wildman–Crippen MR) is 125 cm³/mol. The first-order chi connectivity index (χ1) is 16.2. The number of benzene rings is 2. The van der Waals surface area contributed by atoms with Crippen molar-refractivity contribution < 1.29 is 54.5 Å². The molecule has 11 heteroatoms. The third-order valence-electron chi connectivity index (χ3n) is 5.43. The molecule has 2 atom stereocenters. The summed E-state index contributed by atoms with van der Waals surface area (Å²) in [6.45, 7) is 0.195. The van der Waals surface area contributed by atoms with Crippen molar-refractivity contribution in [2.75, 3.05) is 18.0 Å². The monoisotopic (exact) mass is 489 g/mol. The molecule has 0 aliphatic heterocycles. The topological polar surface area (TPSA) is 188 Å². The second-order valence-corrected chi connectivity index (χ2v) is 8.18. The molecule has 3 aromatic rings. The minimum Gasteiger partial charge on any atom is -0.550 e. The van der Waals surface area contributed by atoms with Gasteiger partial charge in [-0.15, -0.1) is 0 Å². The quantitative estimate of drug-likeness (QED) is 0.174. The Morgan fingerprint density at radius 2 is 1.63 bits per heavy atom. The Morgan fingerprint density at radius 3 is 2.31 bits per heavy atom. The van der Waals surface area contributed by atoms with Crippen LogP contribution in [0.15, 0.2) is 42.5 Å². The average molecular weight is 490 g/mol. The fourth-order valence-corrected chi connectivity index (χ4v) is 3.65. The number of aliphatic carboxylic acids is 1. The molecule has 0 saturated carbocycles. The van der Waals surface area contributed by atoms with Gasteiger partial charge < -0.3 is 36.9 Å². The summed E-state index contributed by atoms with van der Waals surface area (Å²) in [7, 11) is 0. The number of carbonyl (C=O) groups excluding carboxylic acids is 2. The number of aliphatic hydroxyl groups is 2. The largest absolute Gasteiger partial charge is 1.00 e. The summed E-state index contributed by atoms with van der Waals surface area (Å²) in [5.74, 6) is -1.16. The van der Waals surface area contributed by atoms with E-state index in [9.17, 15) is 24.9 Å². The number of nitrogen functional groups attached to an aromatic ring is 2. The summed E-state index contributed by atoms with van der Waals surface area (Å²) in [5.41, 5.74) is 14.9. The summed E-state index contributed by atoms with van der Waals surface area (Å²) < 4.78 is 0. The van der Waals surface area contributed by atoms with Gasteiger partial charge in [-0.1, -0.05) is 18.2 Å². The third-order valence-corrected chi connectivity index (χ3v) is 5.43. The molecule has 7 N–H and O–H groups in total. The fourth-order valence-electron chi connectivity index (χ4n) is 3.65. The maximum atomic E-state index is 12.3. The molecule has 0 unspecified atom stereocenters. The number of aromatic nitrogens is 2. The van der Waals surface area contributed by atoms with E-state index in [0.29, 0.717) is 16.9 Å². The van der Waals surface area contributed by atoms with Crippen molar-refractivity contribution in [3.8, 4) is 0 Å². The van der Waals surface area contributed by atoms with Gasteiger partial charge in [0.15, 0.2) is 0 Å². The molecule has 2 aromatic carbocycles. The minimum atomic E-state index is -1.38. The van der Waals surface area contributed by atoms with Crippen molar-refractivity contribution in [2.45, 2.75) is 44.3 Å². The van der Waals surface area contributed by atoms with Crippen molar-refractivity contribution in [2.24, 2.45) is 0 Å². The number of rotatable bonds is 11. The molecule has 1 heterocycles. The zero-order valence-electron chi connectivity index (χ0n) is 19.6. The van der Waals surface area contributed by atoms with E-state index in [4.69, 9.17) is 11.5 Å². The van der Waals surface area contributed by atoms with Crippen LogP contribution in [0.1, 0.15) is 40.7 Å². The average Bonchev–Trinajstić information content (AvgIpc) is 2.77. The van der Waals surface area contributed by atoms with Crippen LogP contribution >= 0.6 is 0 Å². The van der Waals surface area contributed by atoms with Gasteiger partial charge in [0.05, 0.1) is 17.7 Å². The number of nitrogens with two attached hydrogens (primary N) is 2. The second kappa shape index (κ2) is 13.4. The van der Waals surface area contributed by atoms with Gasteiger partial charge in [0, 0.05) is 29.9 Å². The number of aliphatic hydroxyl groups excluding tert-OH is 2. The van der Waals surface area contributed by atoms with E-state index in [1.165, 1.54) is 0 Å². The number of anilines is 2. The van der Waals surface area contributed by atoms with Crippen LogP contribution in [0.2, 0.25) is 0 Å². The van der Waals surface area contributed by atoms with Gasteiger partial charge in [0.2, 0.25) is 5.95 Å². The zero-order chi connectivity index (χ0) is 24.7. The van der Waals surface area contributed by atoms with Crippen LogP contribution in [0.3, 0.4) is 0 Å². The summed E-state index contributed by atoms with van der Waals surface area (Å²) in [6.07, 6.45) is -0.996. The van der Waals surface area contributed by atoms with Gasteiger partial charge in [-0.2, -0.15) is 4.98 Å². The van der Waals surface area contributed by atoms with Gasteiger partial charge in [0.25, 0.3) is 5.91 Å². The number of carboxylic acids is 1. The number of hydrogen-bond donors (Lipinski definition) is 5. The van der Waals surface area contributed by atoms with Gasteiger partial charge in [-0.25, -0.2) is 4.98 Å². The van der Waals surface area contributed by atoms with E-state index in [1.807, 2.05) is 30.3 Å². The summed E-state index contributed by atoms with van der Waals surface area (Å²) in [6, 6.07) is 13.0. The Labute approximate surface area is 225 Å². The van der Waals surface area contributed by atoms with Crippen molar-refractivity contribution in [1.82, 2.24) is 15.3 Å². The number of hydrogen-bond acceptors (Lipinski definition) is 9. The van der Waals surface area contributed by atoms with Crippen LogP contribution in [0.5, 0.6) is 0 Å². The number of amides is 1. The molecule has 0 fully saturated rings. The smallest absolute Gasteiger partial charge is 0.550 e. The third kappa shape index (κ3) is 8.75. The van der Waals surface area contributed by atoms with Crippen molar-refractivity contribution in [3.63, 3.8) is 0 Å². The predicted octanol–water partition coefficient (Wildman–Crippen LogP) is -3.04. The van der Waals surface area contributed by atoms with Gasteiger partial charge in [-0.3, -0.25) is 4.79 Å². The fraction of sp³-hybridized carbons (Fsp3) is 0.333. The van der Waals surface area contributed by atoms with Crippen LogP contribution in [0.4, 0.5) is 11.8 Å². The molecular weight excluding hydrogens is 461 g/mol. The number of carboxylic acid groups (broad SMARTS) is 1. The van der Waals surface area contributed by atoms with Gasteiger partial charge >= 0.3 is 29.6 Å². The molecule has 180 valence electrons. The molecule has 0 saturated heterocycles. The second-order valence-electron chi connectivity index (χ2n) is 8.18. The molecular formula is C24H28N5NaO5. The number of nitrogens with zero attached hydrogens (tertiary/aromatic N) is 2. The Kier molecular flexibility index (Phi) is 10.9. The van der Waals surface area contributed by atoms with Gasteiger partial charge in [-0.05, 0) is 61.1 Å². The van der Waals surface area contributed by atoms with E-state index in [1.54, 1.807) is 12.1 Å². The molecule has 1 amide bonds. The van der Waals surface area contributed by atoms with Crippen LogP contribution in [-0.4, -0.2) is 50.8 Å². The minimum absolute atomic E-state index is 0. The molecule has 35 heavy (non-hydrogen) atoms. The van der Waals surface area contributed by atoms with Crippen LogP contribution < -0.4 is 51.4 Å². The molecule has 3 rings (SSSR count). The Balaban J connectivity index is 0.00000432. The molecule has 0 radical (unpaired) electrons. The first kappa shape index (κ1) is 28.5. The van der Waals surface area contributed by atoms with Crippen molar-refractivity contribution in [3.05, 3.63) is 59.2 Å². The maximum Gasteiger partial charge on any atom is 1.00 e. The van der Waals surface area contributed by atoms with Crippen LogP contribution in [0, 0.1) is 0 Å². The first-order valence-corrected chi connectivity index (χ1v) is 11.0. The van der Waals surface area contributed by atoms with Crippen LogP contribution in [-0.2, 0) is 17.6 Å². The first-order valence-electron chi connectivity index (χ1n) is 11.0. The van der Waals surface area contributed by atoms with Crippen molar-refractivity contribution in [1.29, 1.82) is 0 Å². The number of aryl methyl sites for hydroxylation is 2. The maximum absolute atomic E-state index is 12.3. The number of carbonyl (C=O) groups is 2. The van der Waals surface area contributed by atoms with Crippen LogP contribution in [0.25, 0.3) is 10.9 Å². The SMILES string of the molecule is Nc1nc(N)c2cc(CCc3ccc(C(=O)NCC[C@@H](O)C[C@@H](O)CC(=O)[O-])cc3)ccc2n1.[Na+]. The molecule has 0 aliphatic carbocycles. The molecule has 0 spiro atoms. The van der Waals surface area contributed by atoms with E-state index < -0.39 is 24.6 Å².